The predicted octanol–water partition coefficient (Wildman–Crippen LogP) is 2.84. The number of hydrogen-bond acceptors (Lipinski definition) is 3. The van der Waals surface area contributed by atoms with Gasteiger partial charge in [0.2, 0.25) is 0 Å². The summed E-state index contributed by atoms with van der Waals surface area (Å²) in [6.45, 7) is 9.43. The van der Waals surface area contributed by atoms with Gasteiger partial charge in [-0.2, -0.15) is 8.42 Å². The Kier molecular flexibility index (Phi) is 3.43. The normalized spacial score (nSPS) is 12.2. The standard InChI is InChI=1S/C12H16O3S/c1-5-16(13,14)15-11-8-6-10(7-9-11)12(2,3)4/h5-9H,1H2,2-4H3. The molecule has 0 amide bonds. The van der Waals surface area contributed by atoms with Gasteiger partial charge in [-0.1, -0.05) is 39.5 Å². The molecule has 0 aromatic heterocycles. The molecule has 0 N–H and O–H groups in total. The summed E-state index contributed by atoms with van der Waals surface area (Å²) in [6.07, 6.45) is 0. The number of benzene rings is 1. The van der Waals surface area contributed by atoms with Gasteiger partial charge >= 0.3 is 10.1 Å². The summed E-state index contributed by atoms with van der Waals surface area (Å²) in [5.74, 6) is 0.299. The van der Waals surface area contributed by atoms with Gasteiger partial charge in [-0.05, 0) is 23.1 Å². The molecule has 0 heterocycles. The van der Waals surface area contributed by atoms with E-state index in [1.807, 2.05) is 12.1 Å². The van der Waals surface area contributed by atoms with Gasteiger partial charge < -0.3 is 4.18 Å². The number of rotatable bonds is 3. The fourth-order valence-corrected chi connectivity index (χ4v) is 1.63. The van der Waals surface area contributed by atoms with Crippen molar-refractivity contribution in [2.75, 3.05) is 0 Å². The van der Waals surface area contributed by atoms with Crippen molar-refractivity contribution in [3.05, 3.63) is 41.8 Å². The van der Waals surface area contributed by atoms with E-state index in [0.717, 1.165) is 11.0 Å². The first-order valence-electron chi connectivity index (χ1n) is 4.92. The molecule has 88 valence electrons. The van der Waals surface area contributed by atoms with Gasteiger partial charge in [0, 0.05) is 0 Å². The van der Waals surface area contributed by atoms with Crippen LogP contribution in [0.4, 0.5) is 0 Å². The van der Waals surface area contributed by atoms with Crippen molar-refractivity contribution < 1.29 is 12.6 Å². The zero-order valence-corrected chi connectivity index (χ0v) is 10.5. The van der Waals surface area contributed by atoms with Gasteiger partial charge in [0.25, 0.3) is 0 Å². The van der Waals surface area contributed by atoms with Gasteiger partial charge in [0.05, 0.1) is 5.41 Å². The molecular weight excluding hydrogens is 224 g/mol. The Labute approximate surface area is 96.9 Å². The zero-order valence-electron chi connectivity index (χ0n) is 9.73. The Morgan fingerprint density at radius 3 is 2.06 bits per heavy atom. The van der Waals surface area contributed by atoms with Crippen LogP contribution in [0, 0.1) is 0 Å². The summed E-state index contributed by atoms with van der Waals surface area (Å²) in [5, 5.41) is 0.782. The fraction of sp³-hybridized carbons (Fsp3) is 0.333. The van der Waals surface area contributed by atoms with Crippen molar-refractivity contribution in [2.45, 2.75) is 26.2 Å². The largest absolute Gasteiger partial charge is 0.379 e. The van der Waals surface area contributed by atoms with Crippen molar-refractivity contribution in [3.63, 3.8) is 0 Å². The topological polar surface area (TPSA) is 43.4 Å². The average molecular weight is 240 g/mol. The minimum Gasteiger partial charge on any atom is -0.379 e. The van der Waals surface area contributed by atoms with E-state index in [0.29, 0.717) is 5.75 Å². The van der Waals surface area contributed by atoms with Gasteiger partial charge in [0.15, 0.2) is 0 Å². The molecule has 3 nitrogen and oxygen atoms in total. The molecule has 0 spiro atoms. The lowest BCUT2D eigenvalue weighted by Gasteiger charge is -2.18. The van der Waals surface area contributed by atoms with E-state index in [-0.39, 0.29) is 5.41 Å². The van der Waals surface area contributed by atoms with Crippen molar-refractivity contribution in [1.82, 2.24) is 0 Å². The average Bonchev–Trinajstić information content (AvgIpc) is 2.16. The monoisotopic (exact) mass is 240 g/mol. The Balaban J connectivity index is 2.93. The lowest BCUT2D eigenvalue weighted by atomic mass is 9.87. The summed E-state index contributed by atoms with van der Waals surface area (Å²) < 4.78 is 27.0. The van der Waals surface area contributed by atoms with Crippen LogP contribution in [0.5, 0.6) is 5.75 Å². The first kappa shape index (κ1) is 12.8. The van der Waals surface area contributed by atoms with Crippen LogP contribution < -0.4 is 4.18 Å². The van der Waals surface area contributed by atoms with Crippen molar-refractivity contribution in [2.24, 2.45) is 0 Å². The second-order valence-corrected chi connectivity index (χ2v) is 6.00. The first-order valence-corrected chi connectivity index (χ1v) is 6.39. The Bertz CT molecular complexity index is 464. The zero-order chi connectivity index (χ0) is 12.4. The lowest BCUT2D eigenvalue weighted by Crippen LogP contribution is -2.11. The second kappa shape index (κ2) is 4.29. The molecule has 0 fully saturated rings. The lowest BCUT2D eigenvalue weighted by molar-refractivity contribution is 0.496. The van der Waals surface area contributed by atoms with Crippen LogP contribution in [0.15, 0.2) is 36.3 Å². The molecule has 0 atom stereocenters. The fourth-order valence-electron chi connectivity index (χ4n) is 1.18. The maximum absolute atomic E-state index is 11.1. The highest BCUT2D eigenvalue weighted by atomic mass is 32.2. The molecule has 1 aromatic carbocycles. The Morgan fingerprint density at radius 2 is 1.69 bits per heavy atom. The van der Waals surface area contributed by atoms with Crippen LogP contribution >= 0.6 is 0 Å². The summed E-state index contributed by atoms with van der Waals surface area (Å²) in [6, 6.07) is 6.99. The summed E-state index contributed by atoms with van der Waals surface area (Å²) in [5.41, 5.74) is 1.16. The molecule has 1 aromatic rings. The molecule has 4 heteroatoms. The molecule has 0 aliphatic carbocycles. The maximum Gasteiger partial charge on any atom is 0.331 e. The summed E-state index contributed by atoms with van der Waals surface area (Å²) >= 11 is 0. The van der Waals surface area contributed by atoms with E-state index in [1.54, 1.807) is 12.1 Å². The smallest absolute Gasteiger partial charge is 0.331 e. The Hall–Kier alpha value is -1.29. The van der Waals surface area contributed by atoms with Crippen molar-refractivity contribution in [1.29, 1.82) is 0 Å². The molecule has 0 unspecified atom stereocenters. The van der Waals surface area contributed by atoms with Crippen LogP contribution in [0.1, 0.15) is 26.3 Å². The maximum atomic E-state index is 11.1. The van der Waals surface area contributed by atoms with E-state index in [4.69, 9.17) is 4.18 Å². The second-order valence-electron chi connectivity index (χ2n) is 4.52. The van der Waals surface area contributed by atoms with Crippen molar-refractivity contribution in [3.8, 4) is 5.75 Å². The van der Waals surface area contributed by atoms with Crippen LogP contribution in [0.3, 0.4) is 0 Å². The first-order chi connectivity index (χ1) is 7.24. The third kappa shape index (κ3) is 3.38. The molecule has 0 bridgehead atoms. The van der Waals surface area contributed by atoms with Crippen LogP contribution in [0.2, 0.25) is 0 Å². The minimum absolute atomic E-state index is 0.0375. The predicted molar refractivity (Wildman–Crippen MR) is 64.9 cm³/mol. The van der Waals surface area contributed by atoms with E-state index in [2.05, 4.69) is 27.4 Å². The molecule has 0 aliphatic heterocycles. The highest BCUT2D eigenvalue weighted by Gasteiger charge is 2.14. The minimum atomic E-state index is -3.66. The Morgan fingerprint density at radius 1 is 1.19 bits per heavy atom. The van der Waals surface area contributed by atoms with Gasteiger partial charge in [0.1, 0.15) is 5.75 Å². The van der Waals surface area contributed by atoms with E-state index in [1.165, 1.54) is 0 Å². The van der Waals surface area contributed by atoms with Gasteiger partial charge in [-0.3, -0.25) is 0 Å². The quantitative estimate of drug-likeness (QED) is 0.763. The highest BCUT2D eigenvalue weighted by molar-refractivity contribution is 7.90. The van der Waals surface area contributed by atoms with Crippen LogP contribution in [0.25, 0.3) is 0 Å². The third-order valence-electron chi connectivity index (χ3n) is 2.14. The van der Waals surface area contributed by atoms with Crippen LogP contribution in [-0.4, -0.2) is 8.42 Å². The molecular formula is C12H16O3S. The highest BCUT2D eigenvalue weighted by Crippen LogP contribution is 2.24. The third-order valence-corrected chi connectivity index (χ3v) is 2.97. The molecule has 16 heavy (non-hydrogen) atoms. The van der Waals surface area contributed by atoms with E-state index < -0.39 is 10.1 Å². The molecule has 0 saturated heterocycles. The van der Waals surface area contributed by atoms with Gasteiger partial charge in [-0.25, -0.2) is 0 Å². The summed E-state index contributed by atoms with van der Waals surface area (Å²) in [7, 11) is -3.66. The van der Waals surface area contributed by atoms with Crippen molar-refractivity contribution >= 4 is 10.1 Å². The summed E-state index contributed by atoms with van der Waals surface area (Å²) in [4.78, 5) is 0. The van der Waals surface area contributed by atoms with E-state index in [9.17, 15) is 8.42 Å². The molecule has 1 rings (SSSR count). The van der Waals surface area contributed by atoms with Crippen LogP contribution in [-0.2, 0) is 15.5 Å². The SMILES string of the molecule is C=CS(=O)(=O)Oc1ccc(C(C)(C)C)cc1. The number of hydrogen-bond donors (Lipinski definition) is 0. The molecule has 0 aliphatic rings. The van der Waals surface area contributed by atoms with E-state index >= 15 is 0 Å². The molecule has 0 saturated carbocycles. The molecule has 0 radical (unpaired) electrons. The van der Waals surface area contributed by atoms with Gasteiger partial charge in [-0.15, -0.1) is 0 Å².